The fraction of sp³-hybridized carbons (Fsp3) is 0.611. The molecule has 2 fully saturated rings. The third kappa shape index (κ3) is 4.11. The van der Waals surface area contributed by atoms with Gasteiger partial charge in [-0.2, -0.15) is 0 Å². The summed E-state index contributed by atoms with van der Waals surface area (Å²) in [6.07, 6.45) is 3.77. The maximum atomic E-state index is 13.9. The van der Waals surface area contributed by atoms with E-state index in [9.17, 15) is 13.6 Å². The number of ether oxygens (including phenoxy) is 1. The molecule has 3 rings (SSSR count). The molecule has 2 heterocycles. The molecule has 1 aromatic rings. The normalized spacial score (nSPS) is 22.6. The van der Waals surface area contributed by atoms with E-state index in [0.29, 0.717) is 6.54 Å². The average Bonchev–Trinajstić information content (AvgIpc) is 2.62. The van der Waals surface area contributed by atoms with Gasteiger partial charge in [-0.25, -0.2) is 8.78 Å². The third-order valence-electron chi connectivity index (χ3n) is 4.93. The first kappa shape index (κ1) is 17.3. The number of carbonyl (C=O) groups excluding carboxylic acids is 1. The van der Waals surface area contributed by atoms with Crippen LogP contribution in [0.25, 0.3) is 0 Å². The minimum absolute atomic E-state index is 0.0942. The molecule has 0 radical (unpaired) electrons. The highest BCUT2D eigenvalue weighted by molar-refractivity contribution is 5.94. The number of morpholine rings is 1. The third-order valence-corrected chi connectivity index (χ3v) is 4.93. The molecule has 1 atom stereocenters. The van der Waals surface area contributed by atoms with Crippen LogP contribution in [0.5, 0.6) is 0 Å². The summed E-state index contributed by atoms with van der Waals surface area (Å²) < 4.78 is 32.7. The zero-order valence-electron chi connectivity index (χ0n) is 13.8. The summed E-state index contributed by atoms with van der Waals surface area (Å²) in [6, 6.07) is 3.16. The van der Waals surface area contributed by atoms with E-state index in [4.69, 9.17) is 4.74 Å². The molecule has 0 unspecified atom stereocenters. The molecule has 2 aliphatic rings. The van der Waals surface area contributed by atoms with E-state index in [2.05, 4.69) is 4.90 Å². The van der Waals surface area contributed by atoms with Gasteiger partial charge in [0.05, 0.1) is 18.8 Å². The van der Waals surface area contributed by atoms with E-state index in [1.54, 1.807) is 4.90 Å². The summed E-state index contributed by atoms with van der Waals surface area (Å²) in [4.78, 5) is 16.8. The minimum atomic E-state index is -0.654. The van der Waals surface area contributed by atoms with Crippen LogP contribution in [0, 0.1) is 11.6 Å². The van der Waals surface area contributed by atoms with Gasteiger partial charge >= 0.3 is 0 Å². The number of carbonyl (C=O) groups is 1. The fourth-order valence-electron chi connectivity index (χ4n) is 3.54. The van der Waals surface area contributed by atoms with Crippen LogP contribution in [0.2, 0.25) is 0 Å². The molecule has 1 amide bonds. The van der Waals surface area contributed by atoms with Gasteiger partial charge in [0, 0.05) is 32.2 Å². The second-order valence-corrected chi connectivity index (χ2v) is 6.52. The standard InChI is InChI=1S/C18H24F2N2O2/c19-14-4-5-17(20)16(13-14)18(23)22-7-2-1-3-15(22)6-8-21-9-11-24-12-10-21/h4-5,13,15H,1-3,6-12H2/t15-/m0/s1. The highest BCUT2D eigenvalue weighted by atomic mass is 19.1. The van der Waals surface area contributed by atoms with Crippen molar-refractivity contribution in [1.29, 1.82) is 0 Å². The molecular formula is C18H24F2N2O2. The second kappa shape index (κ2) is 8.03. The summed E-state index contributed by atoms with van der Waals surface area (Å²) in [6.45, 7) is 4.86. The lowest BCUT2D eigenvalue weighted by atomic mass is 9.97. The number of nitrogens with zero attached hydrogens (tertiary/aromatic N) is 2. The van der Waals surface area contributed by atoms with Gasteiger partial charge in [0.15, 0.2) is 0 Å². The number of halogens is 2. The van der Waals surface area contributed by atoms with Crippen LogP contribution in [0.1, 0.15) is 36.0 Å². The van der Waals surface area contributed by atoms with E-state index < -0.39 is 17.5 Å². The van der Waals surface area contributed by atoms with Crippen molar-refractivity contribution in [2.24, 2.45) is 0 Å². The number of benzene rings is 1. The molecule has 6 heteroatoms. The second-order valence-electron chi connectivity index (χ2n) is 6.52. The topological polar surface area (TPSA) is 32.8 Å². The van der Waals surface area contributed by atoms with Gasteiger partial charge in [-0.15, -0.1) is 0 Å². The predicted octanol–water partition coefficient (Wildman–Crippen LogP) is 2.68. The monoisotopic (exact) mass is 338 g/mol. The number of hydrogen-bond donors (Lipinski definition) is 0. The van der Waals surface area contributed by atoms with Gasteiger partial charge < -0.3 is 9.64 Å². The van der Waals surface area contributed by atoms with Crippen molar-refractivity contribution in [3.8, 4) is 0 Å². The van der Waals surface area contributed by atoms with Gasteiger partial charge in [-0.05, 0) is 43.9 Å². The van der Waals surface area contributed by atoms with E-state index in [0.717, 1.165) is 76.7 Å². The van der Waals surface area contributed by atoms with Crippen LogP contribution in [0.15, 0.2) is 18.2 Å². The van der Waals surface area contributed by atoms with Crippen LogP contribution >= 0.6 is 0 Å². The number of hydrogen-bond acceptors (Lipinski definition) is 3. The molecule has 0 bridgehead atoms. The first-order valence-electron chi connectivity index (χ1n) is 8.71. The Morgan fingerprint density at radius 3 is 2.75 bits per heavy atom. The van der Waals surface area contributed by atoms with Crippen LogP contribution in [-0.2, 0) is 4.74 Å². The van der Waals surface area contributed by atoms with Crippen molar-refractivity contribution in [3.05, 3.63) is 35.4 Å². The van der Waals surface area contributed by atoms with Gasteiger partial charge in [0.1, 0.15) is 11.6 Å². The van der Waals surface area contributed by atoms with Gasteiger partial charge in [-0.3, -0.25) is 9.69 Å². The molecule has 0 aromatic heterocycles. The predicted molar refractivity (Wildman–Crippen MR) is 86.9 cm³/mol. The van der Waals surface area contributed by atoms with Crippen molar-refractivity contribution in [1.82, 2.24) is 9.80 Å². The Morgan fingerprint density at radius 2 is 1.96 bits per heavy atom. The van der Waals surface area contributed by atoms with Crippen LogP contribution in [-0.4, -0.2) is 61.1 Å². The Balaban J connectivity index is 1.66. The number of piperidine rings is 1. The summed E-state index contributed by atoms with van der Waals surface area (Å²) >= 11 is 0. The number of likely N-dealkylation sites (tertiary alicyclic amines) is 1. The summed E-state index contributed by atoms with van der Waals surface area (Å²) in [7, 11) is 0. The Hall–Kier alpha value is -1.53. The lowest BCUT2D eigenvalue weighted by Gasteiger charge is -2.37. The van der Waals surface area contributed by atoms with Crippen LogP contribution in [0.3, 0.4) is 0 Å². The van der Waals surface area contributed by atoms with E-state index in [1.165, 1.54) is 0 Å². The molecule has 2 aliphatic heterocycles. The van der Waals surface area contributed by atoms with Crippen LogP contribution in [0.4, 0.5) is 8.78 Å². The Morgan fingerprint density at radius 1 is 1.17 bits per heavy atom. The van der Waals surface area contributed by atoms with Gasteiger partial charge in [-0.1, -0.05) is 0 Å². The lowest BCUT2D eigenvalue weighted by Crippen LogP contribution is -2.46. The SMILES string of the molecule is O=C(c1cc(F)ccc1F)N1CCCC[C@H]1CCN1CCOCC1. The Bertz CT molecular complexity index is 576. The molecule has 2 saturated heterocycles. The van der Waals surface area contributed by atoms with Gasteiger partial charge in [0.25, 0.3) is 5.91 Å². The number of amides is 1. The smallest absolute Gasteiger partial charge is 0.257 e. The molecule has 0 aliphatic carbocycles. The van der Waals surface area contributed by atoms with Crippen molar-refractivity contribution < 1.29 is 18.3 Å². The minimum Gasteiger partial charge on any atom is -0.379 e. The van der Waals surface area contributed by atoms with Crippen molar-refractivity contribution >= 4 is 5.91 Å². The quantitative estimate of drug-likeness (QED) is 0.846. The maximum Gasteiger partial charge on any atom is 0.257 e. The summed E-state index contributed by atoms with van der Waals surface area (Å²) in [5.74, 6) is -1.63. The fourth-order valence-corrected chi connectivity index (χ4v) is 3.54. The molecule has 4 nitrogen and oxygen atoms in total. The van der Waals surface area contributed by atoms with Crippen molar-refractivity contribution in [3.63, 3.8) is 0 Å². The average molecular weight is 338 g/mol. The zero-order valence-corrected chi connectivity index (χ0v) is 13.8. The van der Waals surface area contributed by atoms with E-state index in [1.807, 2.05) is 0 Å². The first-order chi connectivity index (χ1) is 11.6. The van der Waals surface area contributed by atoms with E-state index in [-0.39, 0.29) is 11.6 Å². The lowest BCUT2D eigenvalue weighted by molar-refractivity contribution is 0.0295. The molecule has 24 heavy (non-hydrogen) atoms. The Labute approximate surface area is 141 Å². The molecule has 0 saturated carbocycles. The van der Waals surface area contributed by atoms with Crippen LogP contribution < -0.4 is 0 Å². The van der Waals surface area contributed by atoms with Crippen molar-refractivity contribution in [2.75, 3.05) is 39.4 Å². The molecular weight excluding hydrogens is 314 g/mol. The highest BCUT2D eigenvalue weighted by Gasteiger charge is 2.29. The molecule has 132 valence electrons. The Kier molecular flexibility index (Phi) is 5.79. The molecule has 0 N–H and O–H groups in total. The van der Waals surface area contributed by atoms with Gasteiger partial charge in [0.2, 0.25) is 0 Å². The van der Waals surface area contributed by atoms with Crippen molar-refractivity contribution in [2.45, 2.75) is 31.7 Å². The maximum absolute atomic E-state index is 13.9. The largest absolute Gasteiger partial charge is 0.379 e. The number of rotatable bonds is 4. The summed E-state index contributed by atoms with van der Waals surface area (Å²) in [5.41, 5.74) is -0.159. The highest BCUT2D eigenvalue weighted by Crippen LogP contribution is 2.24. The summed E-state index contributed by atoms with van der Waals surface area (Å²) in [5, 5.41) is 0. The molecule has 0 spiro atoms. The zero-order chi connectivity index (χ0) is 16.9. The van der Waals surface area contributed by atoms with E-state index >= 15 is 0 Å². The molecule has 1 aromatic carbocycles. The first-order valence-corrected chi connectivity index (χ1v) is 8.71.